The van der Waals surface area contributed by atoms with Gasteiger partial charge in [-0.25, -0.2) is 0 Å². The van der Waals surface area contributed by atoms with Crippen LogP contribution in [0.5, 0.6) is 5.75 Å². The number of rotatable bonds is 2. The third-order valence-corrected chi connectivity index (χ3v) is 2.72. The number of aliphatic carboxylic acids is 1. The molecular formula is C9H4Cl2F3O4-. The number of carboxylic acid groups (broad SMARTS) is 1. The SMILES string of the molecule is O=C([O-])C(O)(c1cc(Cl)c(O)c(Cl)c1)C(F)(F)F. The van der Waals surface area contributed by atoms with Gasteiger partial charge < -0.3 is 20.1 Å². The molecule has 0 aliphatic carbocycles. The number of hydrogen-bond donors (Lipinski definition) is 2. The van der Waals surface area contributed by atoms with Crippen LogP contribution < -0.4 is 5.11 Å². The van der Waals surface area contributed by atoms with Gasteiger partial charge in [-0.15, -0.1) is 0 Å². The van der Waals surface area contributed by atoms with E-state index in [9.17, 15) is 28.2 Å². The van der Waals surface area contributed by atoms with Gasteiger partial charge in [-0.1, -0.05) is 23.2 Å². The molecule has 2 N–H and O–H groups in total. The lowest BCUT2D eigenvalue weighted by atomic mass is 9.93. The molecule has 9 heteroatoms. The molecule has 1 atom stereocenters. The number of aliphatic hydroxyl groups is 1. The average Bonchev–Trinajstić information content (AvgIpc) is 2.21. The summed E-state index contributed by atoms with van der Waals surface area (Å²) in [5.41, 5.74) is -5.43. The van der Waals surface area contributed by atoms with E-state index in [2.05, 4.69) is 0 Å². The Morgan fingerprint density at radius 2 is 1.61 bits per heavy atom. The summed E-state index contributed by atoms with van der Waals surface area (Å²) in [5, 5.41) is 27.7. The largest absolute Gasteiger partial charge is 0.546 e. The molecule has 0 radical (unpaired) electrons. The first kappa shape index (κ1) is 14.9. The maximum absolute atomic E-state index is 12.6. The first-order chi connectivity index (χ1) is 8.01. The highest BCUT2D eigenvalue weighted by atomic mass is 35.5. The minimum absolute atomic E-state index is 0.437. The molecule has 0 bridgehead atoms. The first-order valence-corrected chi connectivity index (χ1v) is 4.96. The molecule has 100 valence electrons. The Bertz CT molecular complexity index is 480. The van der Waals surface area contributed by atoms with Gasteiger partial charge in [0, 0.05) is 5.56 Å². The summed E-state index contributed by atoms with van der Waals surface area (Å²) in [4.78, 5) is 10.5. The van der Waals surface area contributed by atoms with Crippen LogP contribution in [0.2, 0.25) is 10.0 Å². The van der Waals surface area contributed by atoms with Crippen molar-refractivity contribution in [2.24, 2.45) is 0 Å². The number of hydrogen-bond acceptors (Lipinski definition) is 4. The van der Waals surface area contributed by atoms with E-state index in [1.807, 2.05) is 0 Å². The zero-order valence-corrected chi connectivity index (χ0v) is 9.77. The average molecular weight is 304 g/mol. The first-order valence-electron chi connectivity index (χ1n) is 4.21. The van der Waals surface area contributed by atoms with Gasteiger partial charge in [-0.3, -0.25) is 0 Å². The van der Waals surface area contributed by atoms with Crippen LogP contribution in [0.1, 0.15) is 5.56 Å². The Kier molecular flexibility index (Phi) is 3.71. The number of halogens is 5. The molecule has 0 aliphatic heterocycles. The molecular weight excluding hydrogens is 300 g/mol. The maximum Gasteiger partial charge on any atom is 0.426 e. The maximum atomic E-state index is 12.6. The predicted molar refractivity (Wildman–Crippen MR) is 53.1 cm³/mol. The van der Waals surface area contributed by atoms with Crippen molar-refractivity contribution in [2.75, 3.05) is 0 Å². The van der Waals surface area contributed by atoms with Crippen LogP contribution in [-0.2, 0) is 10.4 Å². The van der Waals surface area contributed by atoms with E-state index in [0.29, 0.717) is 12.1 Å². The van der Waals surface area contributed by atoms with Crippen molar-refractivity contribution in [3.8, 4) is 5.75 Å². The van der Waals surface area contributed by atoms with E-state index in [0.717, 1.165) is 0 Å². The van der Waals surface area contributed by atoms with Crippen molar-refractivity contribution in [1.82, 2.24) is 0 Å². The lowest BCUT2D eigenvalue weighted by Crippen LogP contribution is -2.55. The van der Waals surface area contributed by atoms with Crippen LogP contribution >= 0.6 is 23.2 Å². The molecule has 0 heterocycles. The second kappa shape index (κ2) is 4.49. The zero-order chi connectivity index (χ0) is 14.3. The monoisotopic (exact) mass is 303 g/mol. The fourth-order valence-electron chi connectivity index (χ4n) is 1.17. The summed E-state index contributed by atoms with van der Waals surface area (Å²) >= 11 is 10.7. The zero-order valence-electron chi connectivity index (χ0n) is 8.26. The van der Waals surface area contributed by atoms with E-state index < -0.39 is 39.1 Å². The number of benzene rings is 1. The second-order valence-electron chi connectivity index (χ2n) is 3.28. The molecule has 0 spiro atoms. The van der Waals surface area contributed by atoms with Gasteiger partial charge in [0.15, 0.2) is 5.75 Å². The van der Waals surface area contributed by atoms with Crippen LogP contribution in [0, 0.1) is 0 Å². The van der Waals surface area contributed by atoms with E-state index in [4.69, 9.17) is 28.3 Å². The third-order valence-electron chi connectivity index (χ3n) is 2.14. The summed E-state index contributed by atoms with van der Waals surface area (Å²) in [6.07, 6.45) is -5.55. The molecule has 1 aromatic rings. The molecule has 0 fully saturated rings. The van der Waals surface area contributed by atoms with Crippen molar-refractivity contribution < 1.29 is 33.3 Å². The van der Waals surface area contributed by atoms with E-state index >= 15 is 0 Å². The highest BCUT2D eigenvalue weighted by Gasteiger charge is 2.56. The standard InChI is InChI=1S/C9H5Cl2F3O4/c10-4-1-3(2-5(11)6(4)15)8(18,7(16)17)9(12,13)14/h1-2,15,18H,(H,16,17)/p-1. The Labute approximate surface area is 108 Å². The number of alkyl halides is 3. The molecule has 0 aromatic heterocycles. The summed E-state index contributed by atoms with van der Waals surface area (Å²) in [7, 11) is 0. The highest BCUT2D eigenvalue weighted by Crippen LogP contribution is 2.43. The fraction of sp³-hybridized carbons (Fsp3) is 0.222. The van der Waals surface area contributed by atoms with Gasteiger partial charge in [-0.05, 0) is 12.1 Å². The minimum Gasteiger partial charge on any atom is -0.546 e. The summed E-state index contributed by atoms with van der Waals surface area (Å²) in [6.45, 7) is 0. The molecule has 1 unspecified atom stereocenters. The fourth-order valence-corrected chi connectivity index (χ4v) is 1.66. The van der Waals surface area contributed by atoms with Crippen molar-refractivity contribution in [3.63, 3.8) is 0 Å². The molecule has 0 aliphatic rings. The Balaban J connectivity index is 3.56. The summed E-state index contributed by atoms with van der Waals surface area (Å²) in [5.74, 6) is -3.52. The van der Waals surface area contributed by atoms with Gasteiger partial charge >= 0.3 is 6.18 Å². The normalized spacial score (nSPS) is 15.2. The third kappa shape index (κ3) is 2.21. The molecule has 0 saturated heterocycles. The smallest absolute Gasteiger partial charge is 0.426 e. The van der Waals surface area contributed by atoms with Gasteiger partial charge in [0.05, 0.1) is 16.0 Å². The minimum atomic E-state index is -5.55. The lowest BCUT2D eigenvalue weighted by molar-refractivity contribution is -0.357. The van der Waals surface area contributed by atoms with Crippen LogP contribution in [0.3, 0.4) is 0 Å². The summed E-state index contributed by atoms with van der Waals surface area (Å²) in [6, 6.07) is 0.873. The van der Waals surface area contributed by atoms with Gasteiger partial charge in [-0.2, -0.15) is 13.2 Å². The molecule has 1 aromatic carbocycles. The number of phenolic OH excluding ortho intramolecular Hbond substituents is 1. The number of aromatic hydroxyl groups is 1. The topological polar surface area (TPSA) is 80.6 Å². The van der Waals surface area contributed by atoms with Crippen molar-refractivity contribution in [2.45, 2.75) is 11.8 Å². The number of carboxylic acids is 1. The van der Waals surface area contributed by atoms with E-state index in [1.54, 1.807) is 0 Å². The highest BCUT2D eigenvalue weighted by molar-refractivity contribution is 6.37. The summed E-state index contributed by atoms with van der Waals surface area (Å²) < 4.78 is 37.8. The van der Waals surface area contributed by atoms with Crippen molar-refractivity contribution in [3.05, 3.63) is 27.7 Å². The Morgan fingerprint density at radius 1 is 1.22 bits per heavy atom. The van der Waals surface area contributed by atoms with Gasteiger partial charge in [0.2, 0.25) is 5.60 Å². The van der Waals surface area contributed by atoms with Crippen LogP contribution in [0.15, 0.2) is 12.1 Å². The molecule has 1 rings (SSSR count). The second-order valence-corrected chi connectivity index (χ2v) is 4.10. The Hall–Kier alpha value is -1.18. The number of phenols is 1. The van der Waals surface area contributed by atoms with Gasteiger partial charge in [0.1, 0.15) is 0 Å². The van der Waals surface area contributed by atoms with Crippen LogP contribution in [0.25, 0.3) is 0 Å². The lowest BCUT2D eigenvalue weighted by Gasteiger charge is -2.31. The van der Waals surface area contributed by atoms with Crippen LogP contribution in [-0.4, -0.2) is 22.4 Å². The Morgan fingerprint density at radius 3 is 1.89 bits per heavy atom. The molecule has 0 amide bonds. The van der Waals surface area contributed by atoms with E-state index in [-0.39, 0.29) is 0 Å². The predicted octanol–water partition coefficient (Wildman–Crippen LogP) is 1.20. The quantitative estimate of drug-likeness (QED) is 0.860. The number of carbonyl (C=O) groups is 1. The molecule has 18 heavy (non-hydrogen) atoms. The van der Waals surface area contributed by atoms with Crippen molar-refractivity contribution in [1.29, 1.82) is 0 Å². The van der Waals surface area contributed by atoms with Crippen molar-refractivity contribution >= 4 is 29.2 Å². The molecule has 0 saturated carbocycles. The van der Waals surface area contributed by atoms with Crippen LogP contribution in [0.4, 0.5) is 13.2 Å². The van der Waals surface area contributed by atoms with E-state index in [1.165, 1.54) is 0 Å². The number of carbonyl (C=O) groups excluding carboxylic acids is 1. The molecule has 4 nitrogen and oxygen atoms in total. The van der Waals surface area contributed by atoms with Gasteiger partial charge in [0.25, 0.3) is 0 Å².